The Morgan fingerprint density at radius 3 is 2.36 bits per heavy atom. The smallest absolute Gasteiger partial charge is 0.0698 e. The predicted molar refractivity (Wildman–Crippen MR) is 109 cm³/mol. The number of aromatic nitrogens is 1. The van der Waals surface area contributed by atoms with Crippen LogP contribution in [0.2, 0.25) is 5.02 Å². The van der Waals surface area contributed by atoms with Crippen molar-refractivity contribution in [3.05, 3.63) is 100 Å². The fourth-order valence-electron chi connectivity index (χ4n) is 2.97. The summed E-state index contributed by atoms with van der Waals surface area (Å²) >= 11 is 9.75. The highest BCUT2D eigenvalue weighted by molar-refractivity contribution is 9.10. The molecule has 25 heavy (non-hydrogen) atoms. The van der Waals surface area contributed by atoms with Crippen LogP contribution in [0.5, 0.6) is 0 Å². The summed E-state index contributed by atoms with van der Waals surface area (Å²) in [5.74, 6) is 0. The maximum atomic E-state index is 6.09. The summed E-state index contributed by atoms with van der Waals surface area (Å²) in [5.41, 5.74) is 3.47. The van der Waals surface area contributed by atoms with E-state index in [9.17, 15) is 0 Å². The van der Waals surface area contributed by atoms with Gasteiger partial charge in [-0.05, 0) is 48.0 Å². The number of para-hydroxylation sites is 1. The molecular formula is C21H16BrClN2. The van der Waals surface area contributed by atoms with Crippen LogP contribution in [0.25, 0.3) is 10.9 Å². The van der Waals surface area contributed by atoms with E-state index in [0.717, 1.165) is 21.7 Å². The van der Waals surface area contributed by atoms with Crippen molar-refractivity contribution in [2.75, 3.05) is 5.01 Å². The third-order valence-corrected chi connectivity index (χ3v) is 5.27. The van der Waals surface area contributed by atoms with Crippen molar-refractivity contribution in [1.29, 1.82) is 0 Å². The molecule has 124 valence electrons. The molecule has 0 unspecified atom stereocenters. The molecule has 4 aromatic rings. The molecule has 0 aliphatic heterocycles. The van der Waals surface area contributed by atoms with Gasteiger partial charge in [0, 0.05) is 21.1 Å². The highest BCUT2D eigenvalue weighted by Crippen LogP contribution is 2.27. The minimum atomic E-state index is 0.738. The van der Waals surface area contributed by atoms with Crippen LogP contribution in [-0.2, 0) is 6.54 Å². The first-order valence-electron chi connectivity index (χ1n) is 8.05. The summed E-state index contributed by atoms with van der Waals surface area (Å²) in [5, 5.41) is 4.20. The Labute approximate surface area is 160 Å². The lowest BCUT2D eigenvalue weighted by atomic mass is 10.2. The van der Waals surface area contributed by atoms with Crippen molar-refractivity contribution in [2.24, 2.45) is 0 Å². The number of rotatable bonds is 4. The van der Waals surface area contributed by atoms with E-state index >= 15 is 0 Å². The van der Waals surface area contributed by atoms with Crippen LogP contribution in [0.4, 0.5) is 5.69 Å². The Balaban J connectivity index is 1.83. The highest BCUT2D eigenvalue weighted by Gasteiger charge is 2.13. The molecule has 3 aromatic carbocycles. The van der Waals surface area contributed by atoms with Crippen molar-refractivity contribution in [1.82, 2.24) is 4.68 Å². The van der Waals surface area contributed by atoms with Gasteiger partial charge in [0.1, 0.15) is 0 Å². The molecule has 0 fully saturated rings. The second-order valence-corrected chi connectivity index (χ2v) is 7.14. The zero-order chi connectivity index (χ0) is 17.2. The molecule has 0 aliphatic rings. The summed E-state index contributed by atoms with van der Waals surface area (Å²) in [6, 6.07) is 26.8. The van der Waals surface area contributed by atoms with Crippen molar-refractivity contribution in [3.8, 4) is 0 Å². The van der Waals surface area contributed by atoms with Crippen molar-refractivity contribution in [2.45, 2.75) is 6.54 Å². The van der Waals surface area contributed by atoms with E-state index in [1.165, 1.54) is 16.5 Å². The third-order valence-electron chi connectivity index (χ3n) is 4.24. The highest BCUT2D eigenvalue weighted by atomic mass is 79.9. The quantitative estimate of drug-likeness (QED) is 0.371. The molecule has 0 amide bonds. The van der Waals surface area contributed by atoms with Gasteiger partial charge in [-0.3, -0.25) is 9.69 Å². The van der Waals surface area contributed by atoms with E-state index in [4.69, 9.17) is 11.6 Å². The summed E-state index contributed by atoms with van der Waals surface area (Å²) in [7, 11) is 0. The molecule has 0 radical (unpaired) electrons. The van der Waals surface area contributed by atoms with Gasteiger partial charge in [0.2, 0.25) is 0 Å². The zero-order valence-electron chi connectivity index (χ0n) is 13.4. The van der Waals surface area contributed by atoms with Crippen molar-refractivity contribution < 1.29 is 0 Å². The lowest BCUT2D eigenvalue weighted by Gasteiger charge is -2.27. The van der Waals surface area contributed by atoms with Gasteiger partial charge in [0.05, 0.1) is 17.7 Å². The molecule has 4 heteroatoms. The summed E-state index contributed by atoms with van der Waals surface area (Å²) < 4.78 is 3.29. The van der Waals surface area contributed by atoms with Gasteiger partial charge >= 0.3 is 0 Å². The summed E-state index contributed by atoms with van der Waals surface area (Å²) in [6.07, 6.45) is 2.11. The zero-order valence-corrected chi connectivity index (χ0v) is 15.8. The number of hydrogen-bond donors (Lipinski definition) is 0. The van der Waals surface area contributed by atoms with Crippen LogP contribution in [0.15, 0.2) is 89.5 Å². The van der Waals surface area contributed by atoms with Crippen LogP contribution < -0.4 is 5.01 Å². The van der Waals surface area contributed by atoms with Gasteiger partial charge < -0.3 is 0 Å². The number of fused-ring (bicyclic) bond motifs is 1. The maximum Gasteiger partial charge on any atom is 0.0698 e. The normalized spacial score (nSPS) is 11.0. The lowest BCUT2D eigenvalue weighted by molar-refractivity contribution is 0.712. The van der Waals surface area contributed by atoms with Crippen LogP contribution in [0.1, 0.15) is 5.56 Å². The van der Waals surface area contributed by atoms with Crippen molar-refractivity contribution >= 4 is 44.1 Å². The van der Waals surface area contributed by atoms with Gasteiger partial charge in [-0.15, -0.1) is 0 Å². The largest absolute Gasteiger partial charge is 0.277 e. The minimum absolute atomic E-state index is 0.738. The van der Waals surface area contributed by atoms with Gasteiger partial charge in [-0.1, -0.05) is 63.9 Å². The first-order valence-corrected chi connectivity index (χ1v) is 9.22. The SMILES string of the molecule is Clc1ccc(N(Cc2ccccc2Br)n2ccc3ccccc32)cc1. The Morgan fingerprint density at radius 1 is 0.840 bits per heavy atom. The molecule has 0 spiro atoms. The van der Waals surface area contributed by atoms with Crippen LogP contribution >= 0.6 is 27.5 Å². The van der Waals surface area contributed by atoms with Crippen LogP contribution in [0.3, 0.4) is 0 Å². The molecule has 4 rings (SSSR count). The predicted octanol–water partition coefficient (Wildman–Crippen LogP) is 6.53. The molecular weight excluding hydrogens is 396 g/mol. The number of halogens is 2. The van der Waals surface area contributed by atoms with Gasteiger partial charge in [-0.25, -0.2) is 0 Å². The topological polar surface area (TPSA) is 8.17 Å². The maximum absolute atomic E-state index is 6.09. The fourth-order valence-corrected chi connectivity index (χ4v) is 3.51. The molecule has 0 N–H and O–H groups in total. The Bertz CT molecular complexity index is 1010. The monoisotopic (exact) mass is 410 g/mol. The van der Waals surface area contributed by atoms with E-state index in [-0.39, 0.29) is 0 Å². The average Bonchev–Trinajstić information content (AvgIpc) is 3.06. The first-order chi connectivity index (χ1) is 12.2. The average molecular weight is 412 g/mol. The second-order valence-electron chi connectivity index (χ2n) is 5.84. The number of hydrogen-bond acceptors (Lipinski definition) is 1. The number of nitrogens with zero attached hydrogens (tertiary/aromatic N) is 2. The standard InChI is InChI=1S/C21H16BrClN2/c22-20-7-3-1-6-17(20)15-25(19-11-9-18(23)10-12-19)24-14-13-16-5-2-4-8-21(16)24/h1-14H,15H2. The molecule has 0 atom stereocenters. The molecule has 0 saturated carbocycles. The minimum Gasteiger partial charge on any atom is -0.277 e. The molecule has 1 aromatic heterocycles. The van der Waals surface area contributed by atoms with E-state index in [1.807, 2.05) is 30.3 Å². The third kappa shape index (κ3) is 3.30. The van der Waals surface area contributed by atoms with E-state index in [2.05, 4.69) is 80.3 Å². The number of benzene rings is 3. The summed E-state index contributed by atoms with van der Waals surface area (Å²) in [6.45, 7) is 0.738. The van der Waals surface area contributed by atoms with Gasteiger partial charge in [-0.2, -0.15) is 0 Å². The van der Waals surface area contributed by atoms with Gasteiger partial charge in [0.15, 0.2) is 0 Å². The number of anilines is 1. The van der Waals surface area contributed by atoms with Crippen LogP contribution in [0, 0.1) is 0 Å². The van der Waals surface area contributed by atoms with E-state index in [0.29, 0.717) is 0 Å². The second kappa shape index (κ2) is 6.95. The van der Waals surface area contributed by atoms with Crippen molar-refractivity contribution in [3.63, 3.8) is 0 Å². The lowest BCUT2D eigenvalue weighted by Crippen LogP contribution is -2.28. The molecule has 2 nitrogen and oxygen atoms in total. The summed E-state index contributed by atoms with van der Waals surface area (Å²) in [4.78, 5) is 0. The van der Waals surface area contributed by atoms with Crippen LogP contribution in [-0.4, -0.2) is 4.68 Å². The molecule has 0 bridgehead atoms. The Morgan fingerprint density at radius 2 is 1.56 bits per heavy atom. The van der Waals surface area contributed by atoms with E-state index in [1.54, 1.807) is 0 Å². The van der Waals surface area contributed by atoms with Gasteiger partial charge in [0.25, 0.3) is 0 Å². The fraction of sp³-hybridized carbons (Fsp3) is 0.0476. The molecule has 0 saturated heterocycles. The van der Waals surface area contributed by atoms with E-state index < -0.39 is 0 Å². The molecule has 1 heterocycles. The molecule has 0 aliphatic carbocycles. The Hall–Kier alpha value is -2.23. The Kier molecular flexibility index (Phi) is 4.51. The first kappa shape index (κ1) is 16.2.